The molecule has 27 heavy (non-hydrogen) atoms. The fraction of sp³-hybridized carbons (Fsp3) is 0.333. The summed E-state index contributed by atoms with van der Waals surface area (Å²) in [5.74, 6) is 0.381. The van der Waals surface area contributed by atoms with Crippen molar-refractivity contribution in [3.05, 3.63) is 58.6 Å². The van der Waals surface area contributed by atoms with Gasteiger partial charge in [-0.25, -0.2) is 0 Å². The van der Waals surface area contributed by atoms with Crippen molar-refractivity contribution in [1.82, 2.24) is 4.90 Å². The number of benzene rings is 2. The number of nitrogens with zero attached hydrogens (tertiary/aromatic N) is 1. The lowest BCUT2D eigenvalue weighted by atomic mass is 9.96. The Hall–Kier alpha value is -2.53. The largest absolute Gasteiger partial charge is 0.492 e. The average molecular weight is 387 g/mol. The van der Waals surface area contributed by atoms with Gasteiger partial charge in [-0.15, -0.1) is 0 Å². The molecular formula is C21H23ClN2O3. The van der Waals surface area contributed by atoms with Crippen molar-refractivity contribution in [3.63, 3.8) is 0 Å². The van der Waals surface area contributed by atoms with Gasteiger partial charge in [-0.2, -0.15) is 0 Å². The highest BCUT2D eigenvalue weighted by Gasteiger charge is 2.26. The van der Waals surface area contributed by atoms with Gasteiger partial charge in [0.05, 0.1) is 5.92 Å². The molecule has 1 aliphatic heterocycles. The molecule has 0 aromatic heterocycles. The van der Waals surface area contributed by atoms with E-state index in [1.165, 1.54) is 0 Å². The van der Waals surface area contributed by atoms with Crippen LogP contribution in [-0.2, 0) is 11.2 Å². The summed E-state index contributed by atoms with van der Waals surface area (Å²) in [5, 5.41) is 3.53. The van der Waals surface area contributed by atoms with Gasteiger partial charge in [0.25, 0.3) is 5.91 Å². The molecule has 0 saturated heterocycles. The summed E-state index contributed by atoms with van der Waals surface area (Å²) in [4.78, 5) is 26.7. The minimum Gasteiger partial charge on any atom is -0.492 e. The normalized spacial score (nSPS) is 15.4. The molecule has 0 saturated carbocycles. The lowest BCUT2D eigenvalue weighted by Crippen LogP contribution is -2.32. The Morgan fingerprint density at radius 3 is 2.52 bits per heavy atom. The number of hydrogen-bond acceptors (Lipinski definition) is 3. The standard InChI is InChI=1S/C21H23ClN2O3/c1-3-24(4-2)21(26)14-5-8-18(9-6-14)23-20(25)16-11-15-12-17(22)7-10-19(15)27-13-16/h5-10,12,16H,3-4,11,13H2,1-2H3,(H,23,25). The highest BCUT2D eigenvalue weighted by atomic mass is 35.5. The van der Waals surface area contributed by atoms with Crippen molar-refractivity contribution >= 4 is 29.1 Å². The smallest absolute Gasteiger partial charge is 0.253 e. The first-order valence-corrected chi connectivity index (χ1v) is 9.51. The van der Waals surface area contributed by atoms with Crippen molar-refractivity contribution in [3.8, 4) is 5.75 Å². The van der Waals surface area contributed by atoms with Gasteiger partial charge in [-0.3, -0.25) is 9.59 Å². The third-order valence-electron chi connectivity index (χ3n) is 4.75. The van der Waals surface area contributed by atoms with Crippen LogP contribution >= 0.6 is 11.6 Å². The van der Waals surface area contributed by atoms with Crippen molar-refractivity contribution in [1.29, 1.82) is 0 Å². The maximum atomic E-state index is 12.6. The number of rotatable bonds is 5. The molecule has 0 bridgehead atoms. The second kappa shape index (κ2) is 8.44. The van der Waals surface area contributed by atoms with Crippen LogP contribution in [0.25, 0.3) is 0 Å². The predicted octanol–water partition coefficient (Wildman–Crippen LogP) is 4.01. The van der Waals surface area contributed by atoms with Crippen LogP contribution in [-0.4, -0.2) is 36.4 Å². The first-order chi connectivity index (χ1) is 13.0. The van der Waals surface area contributed by atoms with E-state index in [0.717, 1.165) is 11.3 Å². The number of hydrogen-bond donors (Lipinski definition) is 1. The van der Waals surface area contributed by atoms with Crippen LogP contribution < -0.4 is 10.1 Å². The Morgan fingerprint density at radius 2 is 1.85 bits per heavy atom. The zero-order chi connectivity index (χ0) is 19.4. The zero-order valence-electron chi connectivity index (χ0n) is 15.5. The summed E-state index contributed by atoms with van der Waals surface area (Å²) >= 11 is 6.03. The molecule has 1 N–H and O–H groups in total. The Balaban J connectivity index is 1.64. The van der Waals surface area contributed by atoms with Gasteiger partial charge in [0, 0.05) is 29.4 Å². The number of anilines is 1. The van der Waals surface area contributed by atoms with Gasteiger partial charge < -0.3 is 15.0 Å². The molecule has 3 rings (SSSR count). The molecule has 6 heteroatoms. The van der Waals surface area contributed by atoms with E-state index in [4.69, 9.17) is 16.3 Å². The minimum atomic E-state index is -0.284. The molecule has 0 fully saturated rings. The van der Waals surface area contributed by atoms with Crippen molar-refractivity contribution < 1.29 is 14.3 Å². The van der Waals surface area contributed by atoms with E-state index in [2.05, 4.69) is 5.32 Å². The molecule has 0 spiro atoms. The number of nitrogens with one attached hydrogen (secondary N) is 1. The maximum Gasteiger partial charge on any atom is 0.253 e. The monoisotopic (exact) mass is 386 g/mol. The molecule has 5 nitrogen and oxygen atoms in total. The van der Waals surface area contributed by atoms with Gasteiger partial charge in [0.2, 0.25) is 5.91 Å². The average Bonchev–Trinajstić information content (AvgIpc) is 2.68. The number of fused-ring (bicyclic) bond motifs is 1. The first kappa shape index (κ1) is 19.2. The van der Waals surface area contributed by atoms with Crippen LogP contribution in [0.5, 0.6) is 5.75 Å². The van der Waals surface area contributed by atoms with E-state index in [0.29, 0.717) is 42.4 Å². The molecule has 142 valence electrons. The van der Waals surface area contributed by atoms with Crippen LogP contribution in [0.2, 0.25) is 5.02 Å². The van der Waals surface area contributed by atoms with Crippen LogP contribution in [0.3, 0.4) is 0 Å². The topological polar surface area (TPSA) is 58.6 Å². The molecule has 1 atom stereocenters. The molecule has 1 unspecified atom stereocenters. The molecule has 2 aromatic rings. The van der Waals surface area contributed by atoms with E-state index in [-0.39, 0.29) is 17.7 Å². The Bertz CT molecular complexity index is 832. The van der Waals surface area contributed by atoms with Crippen molar-refractivity contribution in [2.45, 2.75) is 20.3 Å². The van der Waals surface area contributed by atoms with Gasteiger partial charge in [0.1, 0.15) is 12.4 Å². The molecule has 1 heterocycles. The number of ether oxygens (including phenoxy) is 1. The van der Waals surface area contributed by atoms with E-state index in [9.17, 15) is 9.59 Å². The van der Waals surface area contributed by atoms with Gasteiger partial charge in [0.15, 0.2) is 0 Å². The molecule has 2 aromatic carbocycles. The Labute approximate surface area is 164 Å². The first-order valence-electron chi connectivity index (χ1n) is 9.13. The highest BCUT2D eigenvalue weighted by molar-refractivity contribution is 6.30. The second-order valence-electron chi connectivity index (χ2n) is 6.51. The summed E-state index contributed by atoms with van der Waals surface area (Å²) in [6.07, 6.45) is 0.584. The summed E-state index contributed by atoms with van der Waals surface area (Å²) in [6.45, 7) is 5.57. The fourth-order valence-electron chi connectivity index (χ4n) is 3.17. The Morgan fingerprint density at radius 1 is 1.15 bits per heavy atom. The highest BCUT2D eigenvalue weighted by Crippen LogP contribution is 2.30. The SMILES string of the molecule is CCN(CC)C(=O)c1ccc(NC(=O)C2COc3ccc(Cl)cc3C2)cc1. The Kier molecular flexibility index (Phi) is 6.01. The lowest BCUT2D eigenvalue weighted by molar-refractivity contribution is -0.121. The summed E-state index contributed by atoms with van der Waals surface area (Å²) in [6, 6.07) is 12.4. The maximum absolute atomic E-state index is 12.6. The van der Waals surface area contributed by atoms with E-state index < -0.39 is 0 Å². The van der Waals surface area contributed by atoms with Gasteiger partial charge in [-0.1, -0.05) is 11.6 Å². The predicted molar refractivity (Wildman–Crippen MR) is 106 cm³/mol. The molecular weight excluding hydrogens is 364 g/mol. The second-order valence-corrected chi connectivity index (χ2v) is 6.94. The quantitative estimate of drug-likeness (QED) is 0.844. The molecule has 0 aliphatic carbocycles. The van der Waals surface area contributed by atoms with Crippen LogP contribution in [0.1, 0.15) is 29.8 Å². The van der Waals surface area contributed by atoms with Gasteiger partial charge in [-0.05, 0) is 68.3 Å². The number of carbonyl (C=O) groups excluding carboxylic acids is 2. The third kappa shape index (κ3) is 4.42. The van der Waals surface area contributed by atoms with Crippen molar-refractivity contribution in [2.24, 2.45) is 5.92 Å². The fourth-order valence-corrected chi connectivity index (χ4v) is 3.36. The van der Waals surface area contributed by atoms with E-state index >= 15 is 0 Å². The van der Waals surface area contributed by atoms with E-state index in [1.54, 1.807) is 35.2 Å². The third-order valence-corrected chi connectivity index (χ3v) is 4.98. The minimum absolute atomic E-state index is 0.00737. The van der Waals surface area contributed by atoms with Crippen molar-refractivity contribution in [2.75, 3.05) is 25.0 Å². The summed E-state index contributed by atoms with van der Waals surface area (Å²) < 4.78 is 5.68. The number of amides is 2. The lowest BCUT2D eigenvalue weighted by Gasteiger charge is -2.24. The van der Waals surface area contributed by atoms with Crippen LogP contribution in [0.4, 0.5) is 5.69 Å². The van der Waals surface area contributed by atoms with Crippen LogP contribution in [0, 0.1) is 5.92 Å². The van der Waals surface area contributed by atoms with Crippen LogP contribution in [0.15, 0.2) is 42.5 Å². The number of halogens is 1. The molecule has 0 radical (unpaired) electrons. The zero-order valence-corrected chi connectivity index (χ0v) is 16.3. The number of carbonyl (C=O) groups is 2. The van der Waals surface area contributed by atoms with Gasteiger partial charge >= 0.3 is 0 Å². The molecule has 1 aliphatic rings. The molecule has 2 amide bonds. The summed E-state index contributed by atoms with van der Waals surface area (Å²) in [5.41, 5.74) is 2.21. The summed E-state index contributed by atoms with van der Waals surface area (Å²) in [7, 11) is 0. The van der Waals surface area contributed by atoms with E-state index in [1.807, 2.05) is 26.0 Å².